The minimum Gasteiger partial charge on any atom is -0.337 e. The first-order valence-corrected chi connectivity index (χ1v) is 8.03. The Morgan fingerprint density at radius 2 is 1.79 bits per heavy atom. The van der Waals surface area contributed by atoms with Gasteiger partial charge in [0.2, 0.25) is 11.7 Å². The third kappa shape index (κ3) is 2.81. The number of hydrogen-bond acceptors (Lipinski definition) is 6. The van der Waals surface area contributed by atoms with Crippen molar-refractivity contribution in [1.29, 1.82) is 0 Å². The Hall–Kier alpha value is -2.57. The lowest BCUT2D eigenvalue weighted by molar-refractivity contribution is 0.340. The van der Waals surface area contributed by atoms with Crippen molar-refractivity contribution >= 4 is 0 Å². The molecule has 2 unspecified atom stereocenters. The molecule has 2 N–H and O–H groups in total. The average Bonchev–Trinajstić information content (AvgIpc) is 3.27. The second kappa shape index (κ2) is 6.14. The van der Waals surface area contributed by atoms with Gasteiger partial charge in [0.15, 0.2) is 0 Å². The molecule has 6 heteroatoms. The number of aryl methyl sites for hydroxylation is 2. The minimum absolute atomic E-state index is 0.000281. The predicted molar refractivity (Wildman–Crippen MR) is 89.8 cm³/mol. The van der Waals surface area contributed by atoms with Gasteiger partial charge in [0.25, 0.3) is 0 Å². The fourth-order valence-electron chi connectivity index (χ4n) is 2.91. The van der Waals surface area contributed by atoms with Crippen LogP contribution in [-0.2, 0) is 0 Å². The zero-order valence-electron chi connectivity index (χ0n) is 13.7. The fraction of sp³-hybridized carbons (Fsp3) is 0.278. The summed E-state index contributed by atoms with van der Waals surface area (Å²) in [5, 5.41) is 4.07. The summed E-state index contributed by atoms with van der Waals surface area (Å²) in [6.07, 6.45) is 4.30. The molecule has 1 saturated heterocycles. The molecule has 3 heterocycles. The van der Waals surface area contributed by atoms with Crippen LogP contribution in [0.25, 0.3) is 11.4 Å². The van der Waals surface area contributed by atoms with Crippen LogP contribution in [0, 0.1) is 13.8 Å². The van der Waals surface area contributed by atoms with Gasteiger partial charge in [-0.15, -0.1) is 0 Å². The molecular weight excluding hydrogens is 302 g/mol. The summed E-state index contributed by atoms with van der Waals surface area (Å²) in [6, 6.07) is 10.5. The van der Waals surface area contributed by atoms with Crippen molar-refractivity contribution in [2.45, 2.75) is 32.4 Å². The number of pyridine rings is 1. The largest absolute Gasteiger partial charge is 0.337 e. The van der Waals surface area contributed by atoms with Gasteiger partial charge < -0.3 is 4.52 Å². The Kier molecular flexibility index (Phi) is 3.84. The number of benzene rings is 1. The van der Waals surface area contributed by atoms with E-state index in [4.69, 9.17) is 4.52 Å². The van der Waals surface area contributed by atoms with Crippen LogP contribution in [0.4, 0.5) is 0 Å². The van der Waals surface area contributed by atoms with Crippen LogP contribution >= 0.6 is 0 Å². The molecule has 0 saturated carbocycles. The Balaban J connectivity index is 1.51. The molecule has 0 radical (unpaired) electrons. The van der Waals surface area contributed by atoms with Crippen LogP contribution in [-0.4, -0.2) is 15.1 Å². The van der Waals surface area contributed by atoms with Crippen LogP contribution in [0.2, 0.25) is 0 Å². The number of hydrogen-bond donors (Lipinski definition) is 2. The summed E-state index contributed by atoms with van der Waals surface area (Å²) in [7, 11) is 0. The predicted octanol–water partition coefficient (Wildman–Crippen LogP) is 3.03. The first kappa shape index (κ1) is 15.0. The van der Waals surface area contributed by atoms with Gasteiger partial charge in [-0.25, -0.2) is 10.9 Å². The smallest absolute Gasteiger partial charge is 0.245 e. The van der Waals surface area contributed by atoms with Gasteiger partial charge in [-0.1, -0.05) is 23.4 Å². The summed E-state index contributed by atoms with van der Waals surface area (Å²) in [6.45, 7) is 4.26. The van der Waals surface area contributed by atoms with E-state index in [0.717, 1.165) is 12.0 Å². The Morgan fingerprint density at radius 3 is 2.58 bits per heavy atom. The van der Waals surface area contributed by atoms with Gasteiger partial charge in [-0.3, -0.25) is 4.98 Å². The monoisotopic (exact) mass is 321 g/mol. The number of aromatic nitrogens is 3. The SMILES string of the molecule is Cc1ccc(C2CC(c3nc(-c4ccncc4)no3)NN2)cc1C. The van der Waals surface area contributed by atoms with Gasteiger partial charge in [0, 0.05) is 24.0 Å². The van der Waals surface area contributed by atoms with Crippen molar-refractivity contribution in [1.82, 2.24) is 26.0 Å². The second-order valence-corrected chi connectivity index (χ2v) is 6.17. The Morgan fingerprint density at radius 1 is 1.00 bits per heavy atom. The lowest BCUT2D eigenvalue weighted by atomic mass is 9.98. The third-order valence-corrected chi connectivity index (χ3v) is 4.51. The number of nitrogens with one attached hydrogen (secondary N) is 2. The molecule has 0 bridgehead atoms. The molecule has 6 nitrogen and oxygen atoms in total. The molecule has 2 atom stereocenters. The Labute approximate surface area is 140 Å². The van der Waals surface area contributed by atoms with Crippen molar-refractivity contribution < 1.29 is 4.52 Å². The summed E-state index contributed by atoms with van der Waals surface area (Å²) in [4.78, 5) is 8.52. The maximum absolute atomic E-state index is 5.45. The lowest BCUT2D eigenvalue weighted by Crippen LogP contribution is -2.26. The maximum atomic E-state index is 5.45. The van der Waals surface area contributed by atoms with Crippen molar-refractivity contribution in [3.8, 4) is 11.4 Å². The van der Waals surface area contributed by atoms with E-state index < -0.39 is 0 Å². The Bertz CT molecular complexity index is 846. The standard InChI is InChI=1S/C18H19N5O/c1-11-3-4-14(9-12(11)2)15-10-16(22-21-15)18-20-17(23-24-18)13-5-7-19-8-6-13/h3-9,15-16,21-22H,10H2,1-2H3. The average molecular weight is 321 g/mol. The second-order valence-electron chi connectivity index (χ2n) is 6.17. The first-order chi connectivity index (χ1) is 11.7. The normalized spacial score (nSPS) is 20.4. The summed E-state index contributed by atoms with van der Waals surface area (Å²) in [5.74, 6) is 1.18. The van der Waals surface area contributed by atoms with E-state index in [9.17, 15) is 0 Å². The molecule has 1 aromatic carbocycles. The van der Waals surface area contributed by atoms with E-state index in [2.05, 4.69) is 58.0 Å². The highest BCUT2D eigenvalue weighted by molar-refractivity contribution is 5.52. The van der Waals surface area contributed by atoms with E-state index in [1.54, 1.807) is 12.4 Å². The molecule has 0 aliphatic carbocycles. The van der Waals surface area contributed by atoms with E-state index in [1.807, 2.05) is 12.1 Å². The topological polar surface area (TPSA) is 75.9 Å². The minimum atomic E-state index is -0.000281. The van der Waals surface area contributed by atoms with Gasteiger partial charge in [-0.2, -0.15) is 4.98 Å². The van der Waals surface area contributed by atoms with Crippen molar-refractivity contribution in [3.63, 3.8) is 0 Å². The van der Waals surface area contributed by atoms with Crippen molar-refractivity contribution in [2.24, 2.45) is 0 Å². The molecule has 1 fully saturated rings. The van der Waals surface area contributed by atoms with Crippen LogP contribution in [0.3, 0.4) is 0 Å². The first-order valence-electron chi connectivity index (χ1n) is 8.03. The maximum Gasteiger partial charge on any atom is 0.245 e. The number of nitrogens with zero attached hydrogens (tertiary/aromatic N) is 3. The van der Waals surface area contributed by atoms with E-state index in [1.165, 1.54) is 16.7 Å². The van der Waals surface area contributed by atoms with E-state index in [-0.39, 0.29) is 12.1 Å². The molecule has 2 aromatic heterocycles. The highest BCUT2D eigenvalue weighted by Crippen LogP contribution is 2.31. The summed E-state index contributed by atoms with van der Waals surface area (Å²) < 4.78 is 5.45. The molecule has 1 aliphatic heterocycles. The zero-order valence-corrected chi connectivity index (χ0v) is 13.7. The number of hydrazine groups is 1. The van der Waals surface area contributed by atoms with Gasteiger partial charge in [0.1, 0.15) is 6.04 Å². The molecule has 122 valence electrons. The summed E-state index contributed by atoms with van der Waals surface area (Å²) in [5.41, 5.74) is 11.4. The molecular formula is C18H19N5O. The van der Waals surface area contributed by atoms with Gasteiger partial charge in [-0.05, 0) is 49.1 Å². The molecule has 3 aromatic rings. The third-order valence-electron chi connectivity index (χ3n) is 4.51. The lowest BCUT2D eigenvalue weighted by Gasteiger charge is -2.11. The van der Waals surface area contributed by atoms with Crippen molar-refractivity contribution in [2.75, 3.05) is 0 Å². The molecule has 0 spiro atoms. The molecule has 0 amide bonds. The van der Waals surface area contributed by atoms with Crippen LogP contribution < -0.4 is 10.9 Å². The highest BCUT2D eigenvalue weighted by Gasteiger charge is 2.30. The van der Waals surface area contributed by atoms with Crippen molar-refractivity contribution in [3.05, 3.63) is 65.3 Å². The highest BCUT2D eigenvalue weighted by atomic mass is 16.5. The van der Waals surface area contributed by atoms with Gasteiger partial charge >= 0.3 is 0 Å². The van der Waals surface area contributed by atoms with Crippen LogP contribution in [0.1, 0.15) is 41.1 Å². The van der Waals surface area contributed by atoms with E-state index in [0.29, 0.717) is 11.7 Å². The van der Waals surface area contributed by atoms with Crippen LogP contribution in [0.5, 0.6) is 0 Å². The number of rotatable bonds is 3. The molecule has 1 aliphatic rings. The van der Waals surface area contributed by atoms with Crippen LogP contribution in [0.15, 0.2) is 47.2 Å². The van der Waals surface area contributed by atoms with Gasteiger partial charge in [0.05, 0.1) is 0 Å². The van der Waals surface area contributed by atoms with E-state index >= 15 is 0 Å². The quantitative estimate of drug-likeness (QED) is 0.772. The molecule has 24 heavy (non-hydrogen) atoms. The fourth-order valence-corrected chi connectivity index (χ4v) is 2.91. The summed E-state index contributed by atoms with van der Waals surface area (Å²) >= 11 is 0. The molecule has 4 rings (SSSR count). The zero-order chi connectivity index (χ0) is 16.5.